The first-order valence-corrected chi connectivity index (χ1v) is 7.11. The molecule has 0 bridgehead atoms. The van der Waals surface area contributed by atoms with Crippen molar-refractivity contribution >= 4 is 23.4 Å². The van der Waals surface area contributed by atoms with Gasteiger partial charge in [-0.2, -0.15) is 16.9 Å². The van der Waals surface area contributed by atoms with E-state index in [1.54, 1.807) is 0 Å². The Morgan fingerprint density at radius 2 is 2.12 bits per heavy atom. The van der Waals surface area contributed by atoms with Crippen LogP contribution in [0.25, 0.3) is 5.69 Å². The van der Waals surface area contributed by atoms with Crippen molar-refractivity contribution in [3.05, 3.63) is 45.7 Å². The van der Waals surface area contributed by atoms with E-state index in [0.717, 1.165) is 28.0 Å². The predicted octanol–water partition coefficient (Wildman–Crippen LogP) is 3.89. The number of benzene rings is 1. The van der Waals surface area contributed by atoms with Crippen LogP contribution in [-0.2, 0) is 11.5 Å². The topological polar surface area (TPSA) is 17.8 Å². The molecular formula is C13H13ClN2S. The van der Waals surface area contributed by atoms with Gasteiger partial charge in [-0.05, 0) is 31.0 Å². The molecule has 2 heterocycles. The van der Waals surface area contributed by atoms with Gasteiger partial charge < -0.3 is 0 Å². The third-order valence-corrected chi connectivity index (χ3v) is 4.44. The van der Waals surface area contributed by atoms with Gasteiger partial charge in [0, 0.05) is 17.1 Å². The molecule has 0 atom stereocenters. The van der Waals surface area contributed by atoms with Gasteiger partial charge in [-0.15, -0.1) is 0 Å². The number of aromatic nitrogens is 2. The molecule has 0 N–H and O–H groups in total. The highest BCUT2D eigenvalue weighted by Crippen LogP contribution is 2.36. The second kappa shape index (κ2) is 4.07. The van der Waals surface area contributed by atoms with E-state index in [4.69, 9.17) is 11.6 Å². The van der Waals surface area contributed by atoms with E-state index in [0.29, 0.717) is 0 Å². The van der Waals surface area contributed by atoms with E-state index in [1.165, 1.54) is 16.7 Å². The van der Waals surface area contributed by atoms with Crippen LogP contribution >= 0.6 is 23.4 Å². The lowest BCUT2D eigenvalue weighted by Crippen LogP contribution is -2.01. The van der Waals surface area contributed by atoms with E-state index < -0.39 is 0 Å². The summed E-state index contributed by atoms with van der Waals surface area (Å²) in [6, 6.07) is 6.36. The minimum atomic E-state index is 0.777. The molecule has 1 aliphatic rings. The molecule has 4 heteroatoms. The quantitative estimate of drug-likeness (QED) is 0.778. The van der Waals surface area contributed by atoms with Crippen LogP contribution in [0, 0.1) is 13.8 Å². The Labute approximate surface area is 110 Å². The van der Waals surface area contributed by atoms with Crippen molar-refractivity contribution in [2.75, 3.05) is 0 Å². The molecule has 0 fully saturated rings. The van der Waals surface area contributed by atoms with Gasteiger partial charge in [0.25, 0.3) is 0 Å². The number of hydrogen-bond donors (Lipinski definition) is 0. The van der Waals surface area contributed by atoms with Crippen LogP contribution in [0.1, 0.15) is 22.4 Å². The van der Waals surface area contributed by atoms with Crippen molar-refractivity contribution in [1.82, 2.24) is 9.78 Å². The first kappa shape index (κ1) is 11.2. The second-order valence-electron chi connectivity index (χ2n) is 4.41. The van der Waals surface area contributed by atoms with Crippen molar-refractivity contribution in [2.45, 2.75) is 25.4 Å². The minimum Gasteiger partial charge on any atom is -0.221 e. The van der Waals surface area contributed by atoms with Gasteiger partial charge in [-0.1, -0.05) is 23.7 Å². The van der Waals surface area contributed by atoms with E-state index >= 15 is 0 Å². The van der Waals surface area contributed by atoms with E-state index in [1.807, 2.05) is 16.4 Å². The molecule has 17 heavy (non-hydrogen) atoms. The van der Waals surface area contributed by atoms with E-state index in [-0.39, 0.29) is 0 Å². The van der Waals surface area contributed by atoms with Crippen molar-refractivity contribution in [3.63, 3.8) is 0 Å². The summed E-state index contributed by atoms with van der Waals surface area (Å²) >= 11 is 8.29. The van der Waals surface area contributed by atoms with Gasteiger partial charge in [0.15, 0.2) is 0 Å². The Hall–Kier alpha value is -0.930. The van der Waals surface area contributed by atoms with Crippen LogP contribution in [0.15, 0.2) is 18.2 Å². The van der Waals surface area contributed by atoms with Gasteiger partial charge in [-0.3, -0.25) is 0 Å². The molecule has 2 aromatic rings. The normalized spacial score (nSPS) is 14.1. The van der Waals surface area contributed by atoms with Gasteiger partial charge >= 0.3 is 0 Å². The van der Waals surface area contributed by atoms with Gasteiger partial charge in [0.2, 0.25) is 0 Å². The smallest absolute Gasteiger partial charge is 0.137 e. The molecule has 1 aromatic carbocycles. The zero-order valence-electron chi connectivity index (χ0n) is 9.83. The molecule has 0 saturated heterocycles. The molecule has 3 rings (SSSR count). The number of halogens is 1. The maximum Gasteiger partial charge on any atom is 0.137 e. The Morgan fingerprint density at radius 3 is 2.88 bits per heavy atom. The Morgan fingerprint density at radius 1 is 1.29 bits per heavy atom. The summed E-state index contributed by atoms with van der Waals surface area (Å²) in [6.45, 7) is 4.18. The fourth-order valence-electron chi connectivity index (χ4n) is 2.09. The average Bonchev–Trinajstić information content (AvgIpc) is 2.86. The summed E-state index contributed by atoms with van der Waals surface area (Å²) < 4.78 is 1.88. The summed E-state index contributed by atoms with van der Waals surface area (Å²) in [5.41, 5.74) is 5.87. The zero-order chi connectivity index (χ0) is 12.0. The number of nitrogens with zero attached hydrogens (tertiary/aromatic N) is 2. The lowest BCUT2D eigenvalue weighted by Gasteiger charge is -2.09. The molecule has 1 aliphatic heterocycles. The van der Waals surface area contributed by atoms with Crippen molar-refractivity contribution in [2.24, 2.45) is 0 Å². The van der Waals surface area contributed by atoms with Crippen molar-refractivity contribution in [1.29, 1.82) is 0 Å². The van der Waals surface area contributed by atoms with Crippen LogP contribution < -0.4 is 0 Å². The molecule has 88 valence electrons. The summed E-state index contributed by atoms with van der Waals surface area (Å²) in [7, 11) is 0. The predicted molar refractivity (Wildman–Crippen MR) is 73.0 cm³/mol. The monoisotopic (exact) mass is 264 g/mol. The maximum atomic E-state index is 6.42. The number of aryl methyl sites for hydroxylation is 2. The van der Waals surface area contributed by atoms with Gasteiger partial charge in [0.05, 0.1) is 11.4 Å². The third kappa shape index (κ3) is 1.78. The standard InChI is InChI=1S/C13H13ClN2S/c1-8-3-4-9(2)12(5-8)16-13(14)10-6-17-7-11(10)15-16/h3-5H,6-7H2,1-2H3. The number of rotatable bonds is 1. The third-order valence-electron chi connectivity index (χ3n) is 3.08. The molecule has 0 aliphatic carbocycles. The molecule has 0 unspecified atom stereocenters. The second-order valence-corrected chi connectivity index (χ2v) is 5.75. The number of fused-ring (bicyclic) bond motifs is 1. The SMILES string of the molecule is Cc1ccc(C)c(-n2nc3c(c2Cl)CSC3)c1. The lowest BCUT2D eigenvalue weighted by molar-refractivity contribution is 0.852. The van der Waals surface area contributed by atoms with Gasteiger partial charge in [0.1, 0.15) is 5.15 Å². The highest BCUT2D eigenvalue weighted by atomic mass is 35.5. The summed E-state index contributed by atoms with van der Waals surface area (Å²) in [4.78, 5) is 0. The first-order chi connectivity index (χ1) is 8.16. The highest BCUT2D eigenvalue weighted by molar-refractivity contribution is 7.98. The zero-order valence-corrected chi connectivity index (χ0v) is 11.4. The fraction of sp³-hybridized carbons (Fsp3) is 0.308. The lowest BCUT2D eigenvalue weighted by atomic mass is 10.1. The van der Waals surface area contributed by atoms with Gasteiger partial charge in [-0.25, -0.2) is 4.68 Å². The largest absolute Gasteiger partial charge is 0.221 e. The Kier molecular flexibility index (Phi) is 2.68. The van der Waals surface area contributed by atoms with Crippen LogP contribution in [0.4, 0.5) is 0 Å². The molecule has 2 nitrogen and oxygen atoms in total. The van der Waals surface area contributed by atoms with E-state index in [2.05, 4.69) is 37.1 Å². The fourth-order valence-corrected chi connectivity index (χ4v) is 3.51. The first-order valence-electron chi connectivity index (χ1n) is 5.58. The molecule has 0 spiro atoms. The maximum absolute atomic E-state index is 6.42. The van der Waals surface area contributed by atoms with Crippen LogP contribution in [-0.4, -0.2) is 9.78 Å². The Bertz CT molecular complexity index is 589. The number of thioether (sulfide) groups is 1. The van der Waals surface area contributed by atoms with Crippen molar-refractivity contribution < 1.29 is 0 Å². The van der Waals surface area contributed by atoms with Crippen LogP contribution in [0.2, 0.25) is 5.15 Å². The highest BCUT2D eigenvalue weighted by Gasteiger charge is 2.22. The summed E-state index contributed by atoms with van der Waals surface area (Å²) in [6.07, 6.45) is 0. The Balaban J connectivity index is 2.19. The minimum absolute atomic E-state index is 0.777. The number of hydrogen-bond acceptors (Lipinski definition) is 2. The molecule has 0 saturated carbocycles. The van der Waals surface area contributed by atoms with Crippen LogP contribution in [0.3, 0.4) is 0 Å². The summed E-state index contributed by atoms with van der Waals surface area (Å²) in [5, 5.41) is 5.40. The van der Waals surface area contributed by atoms with Crippen molar-refractivity contribution in [3.8, 4) is 5.69 Å². The summed E-state index contributed by atoms with van der Waals surface area (Å²) in [5.74, 6) is 1.96. The average molecular weight is 265 g/mol. The van der Waals surface area contributed by atoms with Crippen LogP contribution in [0.5, 0.6) is 0 Å². The molecule has 0 radical (unpaired) electrons. The molecule has 1 aromatic heterocycles. The van der Waals surface area contributed by atoms with E-state index in [9.17, 15) is 0 Å². The molecule has 0 amide bonds. The molecular weight excluding hydrogens is 252 g/mol.